The van der Waals surface area contributed by atoms with Crippen LogP contribution in [0.25, 0.3) is 0 Å². The number of aliphatic hydroxyl groups is 1. The van der Waals surface area contributed by atoms with Crippen LogP contribution in [0.3, 0.4) is 0 Å². The first kappa shape index (κ1) is 17.3. The maximum atomic E-state index is 12.5. The molecule has 0 aromatic heterocycles. The maximum absolute atomic E-state index is 12.5. The Morgan fingerprint density at radius 1 is 1.28 bits per heavy atom. The molecule has 2 N–H and O–H groups in total. The van der Waals surface area contributed by atoms with Gasteiger partial charge in [-0.1, -0.05) is 36.4 Å². The number of carbonyl (C=O) groups excluding carboxylic acids is 1. The Bertz CT molecular complexity index is 718. The molecule has 1 atom stereocenters. The van der Waals surface area contributed by atoms with Gasteiger partial charge in [-0.3, -0.25) is 0 Å². The molecule has 0 spiro atoms. The predicted molar refractivity (Wildman–Crippen MR) is 97.7 cm³/mol. The van der Waals surface area contributed by atoms with Crippen molar-refractivity contribution in [2.24, 2.45) is 5.92 Å². The molecule has 1 unspecified atom stereocenters. The molecule has 3 rings (SSSR count). The largest absolute Gasteiger partial charge is 0.487 e. The topological polar surface area (TPSA) is 61.8 Å². The number of aryl methyl sites for hydroxylation is 1. The van der Waals surface area contributed by atoms with Gasteiger partial charge in [0.05, 0.1) is 5.69 Å². The third kappa shape index (κ3) is 4.51. The van der Waals surface area contributed by atoms with Crippen molar-refractivity contribution in [2.75, 3.05) is 25.0 Å². The Morgan fingerprint density at radius 3 is 2.80 bits per heavy atom. The highest BCUT2D eigenvalue weighted by atomic mass is 16.5. The first-order chi connectivity index (χ1) is 12.2. The van der Waals surface area contributed by atoms with Gasteiger partial charge in [0.2, 0.25) is 0 Å². The molecule has 2 aromatic carbocycles. The Hall–Kier alpha value is -2.53. The van der Waals surface area contributed by atoms with Gasteiger partial charge in [-0.2, -0.15) is 0 Å². The number of urea groups is 1. The average molecular weight is 340 g/mol. The van der Waals surface area contributed by atoms with E-state index in [1.165, 1.54) is 0 Å². The minimum Gasteiger partial charge on any atom is -0.487 e. The molecule has 5 heteroatoms. The molecular formula is C20H24N2O3. The minimum absolute atomic E-state index is 0.125. The molecule has 1 saturated heterocycles. The first-order valence-electron chi connectivity index (χ1n) is 8.60. The molecular weight excluding hydrogens is 316 g/mol. The van der Waals surface area contributed by atoms with E-state index in [0.717, 1.165) is 17.5 Å². The first-order valence-corrected chi connectivity index (χ1v) is 8.60. The summed E-state index contributed by atoms with van der Waals surface area (Å²) in [6.45, 7) is 3.81. The number of ether oxygens (including phenoxy) is 1. The van der Waals surface area contributed by atoms with Gasteiger partial charge in [0.15, 0.2) is 0 Å². The number of hydrogen-bond acceptors (Lipinski definition) is 3. The summed E-state index contributed by atoms with van der Waals surface area (Å²) in [4.78, 5) is 14.2. The Morgan fingerprint density at radius 2 is 2.08 bits per heavy atom. The fourth-order valence-electron chi connectivity index (χ4n) is 2.96. The zero-order chi connectivity index (χ0) is 17.6. The van der Waals surface area contributed by atoms with Crippen molar-refractivity contribution in [3.63, 3.8) is 0 Å². The van der Waals surface area contributed by atoms with Crippen molar-refractivity contribution in [2.45, 2.75) is 20.0 Å². The normalized spacial score (nSPS) is 16.7. The maximum Gasteiger partial charge on any atom is 0.321 e. The van der Waals surface area contributed by atoms with E-state index in [2.05, 4.69) is 5.32 Å². The van der Waals surface area contributed by atoms with Crippen molar-refractivity contribution < 1.29 is 14.6 Å². The molecule has 2 aromatic rings. The van der Waals surface area contributed by atoms with Gasteiger partial charge < -0.3 is 20.1 Å². The average Bonchev–Trinajstić information content (AvgIpc) is 3.11. The van der Waals surface area contributed by atoms with E-state index in [9.17, 15) is 9.90 Å². The second-order valence-electron chi connectivity index (χ2n) is 6.49. The molecule has 0 aliphatic carbocycles. The van der Waals surface area contributed by atoms with Gasteiger partial charge in [0, 0.05) is 25.6 Å². The number of nitrogens with zero attached hydrogens (tertiary/aromatic N) is 1. The SMILES string of the molecule is Cc1ccc(OCc2ccccc2)c(NC(=O)N2CCC(CO)C2)c1. The molecule has 1 heterocycles. The number of anilines is 1. The highest BCUT2D eigenvalue weighted by Crippen LogP contribution is 2.27. The van der Waals surface area contributed by atoms with Gasteiger partial charge in [0.25, 0.3) is 0 Å². The van der Waals surface area contributed by atoms with Crippen molar-refractivity contribution in [1.29, 1.82) is 0 Å². The van der Waals surface area contributed by atoms with Gasteiger partial charge >= 0.3 is 6.03 Å². The number of benzene rings is 2. The van der Waals surface area contributed by atoms with Crippen LogP contribution >= 0.6 is 0 Å². The fourth-order valence-corrected chi connectivity index (χ4v) is 2.96. The van der Waals surface area contributed by atoms with E-state index in [1.54, 1.807) is 4.90 Å². The van der Waals surface area contributed by atoms with Crippen LogP contribution < -0.4 is 10.1 Å². The lowest BCUT2D eigenvalue weighted by Crippen LogP contribution is -2.33. The lowest BCUT2D eigenvalue weighted by atomic mass is 10.1. The van der Waals surface area contributed by atoms with Crippen molar-refractivity contribution >= 4 is 11.7 Å². The van der Waals surface area contributed by atoms with Gasteiger partial charge in [-0.15, -0.1) is 0 Å². The van der Waals surface area contributed by atoms with Crippen LogP contribution in [0.2, 0.25) is 0 Å². The summed E-state index contributed by atoms with van der Waals surface area (Å²) in [6.07, 6.45) is 0.842. The van der Waals surface area contributed by atoms with E-state index in [4.69, 9.17) is 4.74 Å². The van der Waals surface area contributed by atoms with Crippen LogP contribution in [0, 0.1) is 12.8 Å². The highest BCUT2D eigenvalue weighted by molar-refractivity contribution is 5.91. The van der Waals surface area contributed by atoms with Crippen molar-refractivity contribution in [3.8, 4) is 5.75 Å². The van der Waals surface area contributed by atoms with Crippen LogP contribution in [0.5, 0.6) is 5.75 Å². The highest BCUT2D eigenvalue weighted by Gasteiger charge is 2.26. The standard InChI is InChI=1S/C20H24N2O3/c1-15-7-8-19(25-14-16-5-3-2-4-6-16)18(11-15)21-20(24)22-10-9-17(12-22)13-23/h2-8,11,17,23H,9-10,12-14H2,1H3,(H,21,24). The quantitative estimate of drug-likeness (QED) is 0.877. The molecule has 25 heavy (non-hydrogen) atoms. The Kier molecular flexibility index (Phi) is 5.56. The van der Waals surface area contributed by atoms with Crippen LogP contribution in [0.15, 0.2) is 48.5 Å². The molecule has 0 saturated carbocycles. The van der Waals surface area contributed by atoms with E-state index in [1.807, 2.05) is 55.5 Å². The molecule has 2 amide bonds. The lowest BCUT2D eigenvalue weighted by molar-refractivity contribution is 0.208. The fraction of sp³-hybridized carbons (Fsp3) is 0.350. The number of amides is 2. The summed E-state index contributed by atoms with van der Waals surface area (Å²) in [5.74, 6) is 0.831. The van der Waals surface area contributed by atoms with Gasteiger partial charge in [-0.25, -0.2) is 4.79 Å². The van der Waals surface area contributed by atoms with Crippen LogP contribution in [-0.2, 0) is 6.61 Å². The molecule has 1 aliphatic heterocycles. The monoisotopic (exact) mass is 340 g/mol. The number of nitrogens with one attached hydrogen (secondary N) is 1. The third-order valence-corrected chi connectivity index (χ3v) is 4.45. The zero-order valence-corrected chi connectivity index (χ0v) is 14.4. The second kappa shape index (κ2) is 8.03. The van der Waals surface area contributed by atoms with Crippen LogP contribution in [0.4, 0.5) is 10.5 Å². The summed E-state index contributed by atoms with van der Waals surface area (Å²) >= 11 is 0. The van der Waals surface area contributed by atoms with Crippen LogP contribution in [0.1, 0.15) is 17.5 Å². The number of aliphatic hydroxyl groups excluding tert-OH is 1. The van der Waals surface area contributed by atoms with E-state index in [0.29, 0.717) is 31.1 Å². The third-order valence-electron chi connectivity index (χ3n) is 4.45. The van der Waals surface area contributed by atoms with Crippen molar-refractivity contribution in [3.05, 3.63) is 59.7 Å². The Labute approximate surface area is 148 Å². The lowest BCUT2D eigenvalue weighted by Gasteiger charge is -2.19. The van der Waals surface area contributed by atoms with E-state index < -0.39 is 0 Å². The molecule has 1 fully saturated rings. The summed E-state index contributed by atoms with van der Waals surface area (Å²) in [6, 6.07) is 15.5. The van der Waals surface area contributed by atoms with Gasteiger partial charge in [-0.05, 0) is 36.6 Å². The second-order valence-corrected chi connectivity index (χ2v) is 6.49. The molecule has 5 nitrogen and oxygen atoms in total. The summed E-state index contributed by atoms with van der Waals surface area (Å²) < 4.78 is 5.91. The smallest absolute Gasteiger partial charge is 0.321 e. The number of rotatable bonds is 5. The zero-order valence-electron chi connectivity index (χ0n) is 14.4. The van der Waals surface area contributed by atoms with E-state index in [-0.39, 0.29) is 18.6 Å². The van der Waals surface area contributed by atoms with Crippen LogP contribution in [-0.4, -0.2) is 35.7 Å². The number of likely N-dealkylation sites (tertiary alicyclic amines) is 1. The number of hydrogen-bond donors (Lipinski definition) is 2. The minimum atomic E-state index is -0.147. The summed E-state index contributed by atoms with van der Waals surface area (Å²) in [7, 11) is 0. The molecule has 1 aliphatic rings. The van der Waals surface area contributed by atoms with E-state index >= 15 is 0 Å². The Balaban J connectivity index is 1.67. The van der Waals surface area contributed by atoms with Gasteiger partial charge in [0.1, 0.15) is 12.4 Å². The molecule has 132 valence electrons. The predicted octanol–water partition coefficient (Wildman–Crippen LogP) is 3.42. The molecule has 0 radical (unpaired) electrons. The summed E-state index contributed by atoms with van der Waals surface area (Å²) in [5, 5.41) is 12.2. The summed E-state index contributed by atoms with van der Waals surface area (Å²) in [5.41, 5.74) is 2.80. The van der Waals surface area contributed by atoms with Crippen molar-refractivity contribution in [1.82, 2.24) is 4.90 Å². The number of carbonyl (C=O) groups is 1. The molecule has 0 bridgehead atoms.